The van der Waals surface area contributed by atoms with E-state index >= 15 is 0 Å². The van der Waals surface area contributed by atoms with Crippen LogP contribution in [0.15, 0.2) is 24.3 Å². The number of pyridine rings is 1. The van der Waals surface area contributed by atoms with Gasteiger partial charge in [-0.1, -0.05) is 11.6 Å². The summed E-state index contributed by atoms with van der Waals surface area (Å²) in [6.45, 7) is 0. The summed E-state index contributed by atoms with van der Waals surface area (Å²) in [5.74, 6) is -0.581. The predicted octanol–water partition coefficient (Wildman–Crippen LogP) is 0.365. The first-order valence-electron chi connectivity index (χ1n) is 5.17. The fourth-order valence-electron chi connectivity index (χ4n) is 2.00. The lowest BCUT2D eigenvalue weighted by Gasteiger charge is -2.22. The molecule has 1 amide bonds. The Morgan fingerprint density at radius 1 is 1.39 bits per heavy atom. The van der Waals surface area contributed by atoms with Gasteiger partial charge in [-0.15, -0.1) is 0 Å². The molecule has 2 heterocycles. The Labute approximate surface area is 106 Å². The number of fused-ring (bicyclic) bond motifs is 2. The van der Waals surface area contributed by atoms with Crippen molar-refractivity contribution in [3.8, 4) is 0 Å². The maximum absolute atomic E-state index is 12.1. The van der Waals surface area contributed by atoms with Crippen LogP contribution < -0.4 is 15.6 Å². The second kappa shape index (κ2) is 3.81. The lowest BCUT2D eigenvalue weighted by atomic mass is 10.1. The van der Waals surface area contributed by atoms with Gasteiger partial charge in [-0.3, -0.25) is 10.2 Å². The summed E-state index contributed by atoms with van der Waals surface area (Å²) in [6, 6.07) is 6.28. The summed E-state index contributed by atoms with van der Waals surface area (Å²) >= 11 is 5.85. The SMILES string of the molecule is O=C1NNC(O)c2cc3cc(Cl)ccc3[n+]([O-])c21. The summed E-state index contributed by atoms with van der Waals surface area (Å²) in [6.07, 6.45) is -1.12. The van der Waals surface area contributed by atoms with E-state index in [-0.39, 0.29) is 11.3 Å². The minimum Gasteiger partial charge on any atom is -0.618 e. The molecule has 0 saturated heterocycles. The molecule has 1 aromatic heterocycles. The van der Waals surface area contributed by atoms with Gasteiger partial charge in [-0.2, -0.15) is 4.73 Å². The van der Waals surface area contributed by atoms with Crippen molar-refractivity contribution in [3.05, 3.63) is 45.8 Å². The number of hydrogen-bond acceptors (Lipinski definition) is 4. The van der Waals surface area contributed by atoms with Crippen LogP contribution in [0.4, 0.5) is 0 Å². The van der Waals surface area contributed by atoms with Gasteiger partial charge in [-0.05, 0) is 18.2 Å². The van der Waals surface area contributed by atoms with Crippen LogP contribution in [-0.2, 0) is 0 Å². The van der Waals surface area contributed by atoms with Gasteiger partial charge in [0.25, 0.3) is 5.69 Å². The molecule has 3 rings (SSSR count). The third kappa shape index (κ3) is 1.51. The van der Waals surface area contributed by atoms with E-state index in [4.69, 9.17) is 11.6 Å². The molecular formula is C11H8ClN3O3. The molecule has 7 heteroatoms. The molecule has 0 saturated carbocycles. The number of rotatable bonds is 0. The summed E-state index contributed by atoms with van der Waals surface area (Å²) in [4.78, 5) is 11.6. The number of benzene rings is 1. The molecule has 1 atom stereocenters. The number of amides is 1. The Balaban J connectivity index is 2.40. The van der Waals surface area contributed by atoms with E-state index in [1.807, 2.05) is 0 Å². The number of hydrogen-bond donors (Lipinski definition) is 3. The fourth-order valence-corrected chi connectivity index (χ4v) is 2.18. The maximum atomic E-state index is 12.1. The highest BCUT2D eigenvalue weighted by atomic mass is 35.5. The number of aromatic nitrogens is 1. The summed E-state index contributed by atoms with van der Waals surface area (Å²) < 4.78 is 0.500. The van der Waals surface area contributed by atoms with Crippen LogP contribution in [0, 0.1) is 5.21 Å². The standard InChI is InChI=1S/C11H8ClN3O3/c12-6-1-2-8-5(3-6)4-7-9(15(8)18)11(17)14-13-10(7)16/h1-4,10,13,16H,(H,14,17). The number of nitrogens with one attached hydrogen (secondary N) is 2. The highest BCUT2D eigenvalue weighted by molar-refractivity contribution is 6.31. The first-order chi connectivity index (χ1) is 8.58. The Morgan fingerprint density at radius 3 is 2.94 bits per heavy atom. The van der Waals surface area contributed by atoms with E-state index in [1.54, 1.807) is 18.2 Å². The van der Waals surface area contributed by atoms with Crippen LogP contribution >= 0.6 is 11.6 Å². The number of aliphatic hydroxyl groups excluding tert-OH is 1. The number of carbonyl (C=O) groups excluding carboxylic acids is 1. The second-order valence-corrected chi connectivity index (χ2v) is 4.38. The van der Waals surface area contributed by atoms with Gasteiger partial charge in [-0.25, -0.2) is 5.43 Å². The van der Waals surface area contributed by atoms with Crippen LogP contribution in [0.3, 0.4) is 0 Å². The lowest BCUT2D eigenvalue weighted by molar-refractivity contribution is -0.580. The molecule has 0 bridgehead atoms. The highest BCUT2D eigenvalue weighted by Gasteiger charge is 2.32. The van der Waals surface area contributed by atoms with Crippen molar-refractivity contribution in [2.75, 3.05) is 0 Å². The van der Waals surface area contributed by atoms with Crippen molar-refractivity contribution in [2.45, 2.75) is 6.23 Å². The van der Waals surface area contributed by atoms with Crippen molar-refractivity contribution in [1.29, 1.82) is 0 Å². The van der Waals surface area contributed by atoms with Crippen molar-refractivity contribution >= 4 is 28.4 Å². The smallest absolute Gasteiger partial charge is 0.332 e. The van der Waals surface area contributed by atoms with Gasteiger partial charge in [0.15, 0.2) is 6.23 Å². The fraction of sp³-hybridized carbons (Fsp3) is 0.0909. The van der Waals surface area contributed by atoms with Crippen LogP contribution in [0.25, 0.3) is 10.9 Å². The van der Waals surface area contributed by atoms with Crippen molar-refractivity contribution in [2.24, 2.45) is 0 Å². The second-order valence-electron chi connectivity index (χ2n) is 3.95. The van der Waals surface area contributed by atoms with Crippen LogP contribution in [-0.4, -0.2) is 11.0 Å². The lowest BCUT2D eigenvalue weighted by Crippen LogP contribution is -2.52. The molecule has 92 valence electrons. The Morgan fingerprint density at radius 2 is 2.17 bits per heavy atom. The summed E-state index contributed by atoms with van der Waals surface area (Å²) in [5.41, 5.74) is 5.02. The zero-order chi connectivity index (χ0) is 12.9. The molecular weight excluding hydrogens is 258 g/mol. The van der Waals surface area contributed by atoms with Gasteiger partial charge < -0.3 is 10.3 Å². The molecule has 0 fully saturated rings. The molecule has 6 nitrogen and oxygen atoms in total. The molecule has 1 aliphatic heterocycles. The minimum absolute atomic E-state index is 0.115. The van der Waals surface area contributed by atoms with E-state index in [0.717, 1.165) is 0 Å². The largest absolute Gasteiger partial charge is 0.618 e. The molecule has 0 aliphatic carbocycles. The van der Waals surface area contributed by atoms with E-state index in [0.29, 0.717) is 20.7 Å². The predicted molar refractivity (Wildman–Crippen MR) is 63.5 cm³/mol. The van der Waals surface area contributed by atoms with Crippen LogP contribution in [0.2, 0.25) is 5.02 Å². The van der Waals surface area contributed by atoms with E-state index in [2.05, 4.69) is 10.9 Å². The molecule has 1 aliphatic rings. The molecule has 18 heavy (non-hydrogen) atoms. The third-order valence-electron chi connectivity index (χ3n) is 2.83. The first-order valence-corrected chi connectivity index (χ1v) is 5.55. The quantitative estimate of drug-likeness (QED) is 0.474. The van der Waals surface area contributed by atoms with Crippen molar-refractivity contribution in [1.82, 2.24) is 10.9 Å². The summed E-state index contributed by atoms with van der Waals surface area (Å²) in [7, 11) is 0. The van der Waals surface area contributed by atoms with Gasteiger partial charge >= 0.3 is 5.91 Å². The first kappa shape index (κ1) is 11.2. The zero-order valence-electron chi connectivity index (χ0n) is 8.98. The molecule has 1 aromatic carbocycles. The molecule has 2 aromatic rings. The van der Waals surface area contributed by atoms with Gasteiger partial charge in [0.2, 0.25) is 5.52 Å². The highest BCUT2D eigenvalue weighted by Crippen LogP contribution is 2.23. The van der Waals surface area contributed by atoms with Crippen molar-refractivity contribution in [3.63, 3.8) is 0 Å². The van der Waals surface area contributed by atoms with E-state index in [9.17, 15) is 15.1 Å². The van der Waals surface area contributed by atoms with Crippen LogP contribution in [0.5, 0.6) is 0 Å². The number of carbonyl (C=O) groups is 1. The molecule has 0 radical (unpaired) electrons. The number of nitrogens with zero attached hydrogens (tertiary/aromatic N) is 1. The number of halogens is 1. The Hall–Kier alpha value is -1.89. The average Bonchev–Trinajstić information content (AvgIpc) is 2.33. The molecule has 0 spiro atoms. The Bertz CT molecular complexity index is 674. The van der Waals surface area contributed by atoms with E-state index < -0.39 is 12.1 Å². The van der Waals surface area contributed by atoms with E-state index in [1.165, 1.54) is 6.07 Å². The topological polar surface area (TPSA) is 88.3 Å². The Kier molecular flexibility index (Phi) is 2.37. The maximum Gasteiger partial charge on any atom is 0.332 e. The number of aliphatic hydroxyl groups is 1. The van der Waals surface area contributed by atoms with Gasteiger partial charge in [0.1, 0.15) is 0 Å². The normalized spacial score (nSPS) is 18.6. The van der Waals surface area contributed by atoms with Crippen molar-refractivity contribution < 1.29 is 14.6 Å². The molecule has 3 N–H and O–H groups in total. The minimum atomic E-state index is -1.12. The van der Waals surface area contributed by atoms with Crippen LogP contribution in [0.1, 0.15) is 22.3 Å². The van der Waals surface area contributed by atoms with Gasteiger partial charge in [0.05, 0.1) is 5.56 Å². The molecule has 1 unspecified atom stereocenters. The average molecular weight is 266 g/mol. The third-order valence-corrected chi connectivity index (χ3v) is 3.06. The number of hydrazine groups is 1. The zero-order valence-corrected chi connectivity index (χ0v) is 9.73. The summed E-state index contributed by atoms with van der Waals surface area (Å²) in [5, 5.41) is 22.9. The monoisotopic (exact) mass is 265 g/mol. The van der Waals surface area contributed by atoms with Gasteiger partial charge in [0, 0.05) is 16.5 Å².